The summed E-state index contributed by atoms with van der Waals surface area (Å²) >= 11 is 0. The molecule has 1 saturated heterocycles. The van der Waals surface area contributed by atoms with Gasteiger partial charge in [-0.15, -0.1) is 0 Å². The molecule has 2 heterocycles. The van der Waals surface area contributed by atoms with Crippen LogP contribution in [-0.2, 0) is 12.7 Å². The molecule has 0 bridgehead atoms. The Hall–Kier alpha value is -2.53. The molecule has 1 saturated carbocycles. The summed E-state index contributed by atoms with van der Waals surface area (Å²) in [7, 11) is 0. The van der Waals surface area contributed by atoms with Crippen LogP contribution >= 0.6 is 0 Å². The van der Waals surface area contributed by atoms with Crippen LogP contribution in [0.3, 0.4) is 0 Å². The van der Waals surface area contributed by atoms with Gasteiger partial charge in [0.15, 0.2) is 0 Å². The van der Waals surface area contributed by atoms with E-state index in [1.165, 1.54) is 12.1 Å². The third-order valence-corrected chi connectivity index (χ3v) is 4.98. The lowest BCUT2D eigenvalue weighted by Crippen LogP contribution is -2.46. The smallest absolute Gasteiger partial charge is 0.416 e. The fraction of sp³-hybridized carbons (Fsp3) is 0.474. The molecule has 0 atom stereocenters. The number of nitriles is 1. The first-order chi connectivity index (χ1) is 12.9. The quantitative estimate of drug-likeness (QED) is 0.813. The molecule has 1 aliphatic heterocycles. The van der Waals surface area contributed by atoms with Crippen LogP contribution in [-0.4, -0.2) is 36.1 Å². The minimum atomic E-state index is -4.33. The molecule has 1 aromatic heterocycles. The van der Waals surface area contributed by atoms with Crippen molar-refractivity contribution in [3.63, 3.8) is 0 Å². The van der Waals surface area contributed by atoms with E-state index in [1.807, 2.05) is 4.90 Å². The first-order valence-corrected chi connectivity index (χ1v) is 8.98. The molecule has 2 aromatic rings. The van der Waals surface area contributed by atoms with Crippen LogP contribution in [0.1, 0.15) is 41.5 Å². The van der Waals surface area contributed by atoms with Crippen LogP contribution in [0.4, 0.5) is 19.1 Å². The summed E-state index contributed by atoms with van der Waals surface area (Å²) in [6, 6.07) is 7.56. The molecular weight excluding hydrogens is 357 g/mol. The van der Waals surface area contributed by atoms with Gasteiger partial charge < -0.3 is 9.32 Å². The highest BCUT2D eigenvalue weighted by molar-refractivity contribution is 5.48. The highest BCUT2D eigenvalue weighted by Crippen LogP contribution is 2.41. The van der Waals surface area contributed by atoms with Crippen molar-refractivity contribution in [3.05, 3.63) is 47.0 Å². The average Bonchev–Trinajstić information content (AvgIpc) is 3.41. The monoisotopic (exact) mass is 376 g/mol. The third kappa shape index (κ3) is 3.93. The van der Waals surface area contributed by atoms with Crippen molar-refractivity contribution in [1.82, 2.24) is 9.88 Å². The van der Waals surface area contributed by atoms with E-state index in [4.69, 9.17) is 4.42 Å². The van der Waals surface area contributed by atoms with Gasteiger partial charge in [-0.05, 0) is 24.5 Å². The second kappa shape index (κ2) is 6.89. The SMILES string of the molecule is N#Cc1nc(C2CC2)oc1N1CCN(Cc2cccc(C(F)(F)F)c2)CC1. The molecule has 5 nitrogen and oxygen atoms in total. The van der Waals surface area contributed by atoms with E-state index in [0.29, 0.717) is 61.7 Å². The Morgan fingerprint density at radius 2 is 1.93 bits per heavy atom. The van der Waals surface area contributed by atoms with Crippen molar-refractivity contribution in [2.75, 3.05) is 31.1 Å². The van der Waals surface area contributed by atoms with Crippen molar-refractivity contribution >= 4 is 5.88 Å². The van der Waals surface area contributed by atoms with E-state index in [1.54, 1.807) is 6.07 Å². The van der Waals surface area contributed by atoms with Crippen molar-refractivity contribution in [2.45, 2.75) is 31.5 Å². The molecule has 8 heteroatoms. The maximum atomic E-state index is 12.9. The second-order valence-electron chi connectivity index (χ2n) is 7.05. The fourth-order valence-corrected chi connectivity index (χ4v) is 3.33. The van der Waals surface area contributed by atoms with Crippen molar-refractivity contribution < 1.29 is 17.6 Å². The lowest BCUT2D eigenvalue weighted by Gasteiger charge is -2.34. The van der Waals surface area contributed by atoms with E-state index in [0.717, 1.165) is 18.9 Å². The molecule has 0 unspecified atom stereocenters. The molecule has 1 aliphatic carbocycles. The highest BCUT2D eigenvalue weighted by atomic mass is 19.4. The van der Waals surface area contributed by atoms with Crippen molar-refractivity contribution in [2.24, 2.45) is 0 Å². The van der Waals surface area contributed by atoms with Gasteiger partial charge in [0.05, 0.1) is 5.56 Å². The molecule has 0 radical (unpaired) electrons. The minimum Gasteiger partial charge on any atom is -0.423 e. The topological polar surface area (TPSA) is 56.3 Å². The second-order valence-corrected chi connectivity index (χ2v) is 7.05. The first kappa shape index (κ1) is 17.9. The number of aromatic nitrogens is 1. The molecular formula is C19H19F3N4O. The highest BCUT2D eigenvalue weighted by Gasteiger charge is 2.33. The van der Waals surface area contributed by atoms with Gasteiger partial charge in [0.25, 0.3) is 0 Å². The predicted octanol–water partition coefficient (Wildman–Crippen LogP) is 3.76. The zero-order valence-electron chi connectivity index (χ0n) is 14.7. The number of oxazole rings is 1. The number of halogens is 3. The Morgan fingerprint density at radius 3 is 2.56 bits per heavy atom. The molecule has 0 spiro atoms. The van der Waals surface area contributed by atoms with Gasteiger partial charge in [0.1, 0.15) is 6.07 Å². The Labute approximate surface area is 155 Å². The summed E-state index contributed by atoms with van der Waals surface area (Å²) in [4.78, 5) is 8.40. The van der Waals surface area contributed by atoms with E-state index in [2.05, 4.69) is 16.0 Å². The van der Waals surface area contributed by atoms with Crippen LogP contribution in [0.25, 0.3) is 0 Å². The van der Waals surface area contributed by atoms with E-state index < -0.39 is 11.7 Å². The molecule has 0 amide bonds. The fourth-order valence-electron chi connectivity index (χ4n) is 3.33. The molecule has 2 aliphatic rings. The summed E-state index contributed by atoms with van der Waals surface area (Å²) in [5.74, 6) is 1.51. The summed E-state index contributed by atoms with van der Waals surface area (Å²) in [5.41, 5.74) is 0.349. The molecule has 1 aromatic carbocycles. The number of piperazine rings is 1. The Morgan fingerprint density at radius 1 is 1.19 bits per heavy atom. The van der Waals surface area contributed by atoms with E-state index in [9.17, 15) is 18.4 Å². The van der Waals surface area contributed by atoms with Gasteiger partial charge in [0, 0.05) is 38.6 Å². The third-order valence-electron chi connectivity index (χ3n) is 4.98. The molecule has 0 N–H and O–H groups in total. The number of hydrogen-bond acceptors (Lipinski definition) is 5. The lowest BCUT2D eigenvalue weighted by molar-refractivity contribution is -0.137. The van der Waals surface area contributed by atoms with Crippen LogP contribution < -0.4 is 4.90 Å². The molecule has 27 heavy (non-hydrogen) atoms. The van der Waals surface area contributed by atoms with Gasteiger partial charge in [0.2, 0.25) is 17.5 Å². The average molecular weight is 376 g/mol. The van der Waals surface area contributed by atoms with Crippen molar-refractivity contribution in [3.8, 4) is 6.07 Å². The van der Waals surface area contributed by atoms with Gasteiger partial charge in [-0.25, -0.2) is 4.98 Å². The Bertz CT molecular complexity index is 859. The predicted molar refractivity (Wildman–Crippen MR) is 92.1 cm³/mol. The molecule has 142 valence electrons. The van der Waals surface area contributed by atoms with E-state index in [-0.39, 0.29) is 0 Å². The van der Waals surface area contributed by atoms with Crippen LogP contribution in [0.5, 0.6) is 0 Å². The first-order valence-electron chi connectivity index (χ1n) is 8.98. The van der Waals surface area contributed by atoms with Crippen LogP contribution in [0, 0.1) is 11.3 Å². The Kier molecular flexibility index (Phi) is 4.56. The largest absolute Gasteiger partial charge is 0.423 e. The van der Waals surface area contributed by atoms with Crippen molar-refractivity contribution in [1.29, 1.82) is 5.26 Å². The number of anilines is 1. The lowest BCUT2D eigenvalue weighted by atomic mass is 10.1. The maximum absolute atomic E-state index is 12.9. The number of rotatable bonds is 4. The number of alkyl halides is 3. The minimum absolute atomic E-state index is 0.322. The van der Waals surface area contributed by atoms with Crippen LogP contribution in [0.15, 0.2) is 28.7 Å². The van der Waals surface area contributed by atoms with Crippen LogP contribution in [0.2, 0.25) is 0 Å². The van der Waals surface area contributed by atoms with Gasteiger partial charge in [-0.2, -0.15) is 18.4 Å². The maximum Gasteiger partial charge on any atom is 0.416 e. The summed E-state index contributed by atoms with van der Waals surface area (Å²) < 4.78 is 44.4. The molecule has 2 fully saturated rings. The zero-order chi connectivity index (χ0) is 19.0. The van der Waals surface area contributed by atoms with Gasteiger partial charge in [-0.3, -0.25) is 4.90 Å². The number of hydrogen-bond donors (Lipinski definition) is 0. The van der Waals surface area contributed by atoms with Gasteiger partial charge >= 0.3 is 6.18 Å². The zero-order valence-corrected chi connectivity index (χ0v) is 14.7. The van der Waals surface area contributed by atoms with E-state index >= 15 is 0 Å². The number of nitrogens with zero attached hydrogens (tertiary/aromatic N) is 4. The summed E-state index contributed by atoms with van der Waals surface area (Å²) in [5, 5.41) is 9.30. The Balaban J connectivity index is 1.39. The van der Waals surface area contributed by atoms with Gasteiger partial charge in [-0.1, -0.05) is 18.2 Å². The normalized spacial score (nSPS) is 18.5. The summed E-state index contributed by atoms with van der Waals surface area (Å²) in [6.07, 6.45) is -2.22. The molecule has 4 rings (SSSR count). The number of benzene rings is 1. The summed E-state index contributed by atoms with van der Waals surface area (Å²) in [6.45, 7) is 3.12. The standard InChI is InChI=1S/C19H19F3N4O/c20-19(21,22)15-3-1-2-13(10-15)12-25-6-8-26(9-7-25)18-16(11-23)24-17(27-18)14-4-5-14/h1-3,10,14H,4-9,12H2.